The largest absolute Gasteiger partial charge is 0.197 e. The van der Waals surface area contributed by atoms with E-state index >= 15 is 0 Å². The Morgan fingerprint density at radius 3 is 2.17 bits per heavy atom. The highest BCUT2D eigenvalue weighted by atomic mass is 127. The molecule has 0 radical (unpaired) electrons. The van der Waals surface area contributed by atoms with E-state index in [2.05, 4.69) is 32.8 Å². The van der Waals surface area contributed by atoms with Gasteiger partial charge in [-0.3, -0.25) is 0 Å². The van der Waals surface area contributed by atoms with Crippen molar-refractivity contribution in [2.75, 3.05) is 7.05 Å². The fourth-order valence-electron chi connectivity index (χ4n) is 0.159. The Morgan fingerprint density at radius 2 is 2.17 bits per heavy atom. The molecule has 1 atom stereocenters. The molecule has 0 aromatic rings. The molecule has 0 bridgehead atoms. The SMILES string of the molecule is CN=NC(C)I. The number of alkyl halides is 1. The molecule has 1 unspecified atom stereocenters. The van der Waals surface area contributed by atoms with E-state index in [1.165, 1.54) is 0 Å². The van der Waals surface area contributed by atoms with Gasteiger partial charge in [0, 0.05) is 7.05 Å². The van der Waals surface area contributed by atoms with Gasteiger partial charge in [-0.2, -0.15) is 10.2 Å². The van der Waals surface area contributed by atoms with Crippen molar-refractivity contribution >= 4 is 22.6 Å². The third-order valence-corrected chi connectivity index (χ3v) is 0.524. The molecule has 6 heavy (non-hydrogen) atoms. The van der Waals surface area contributed by atoms with E-state index < -0.39 is 0 Å². The first-order valence-corrected chi connectivity index (χ1v) is 2.95. The fourth-order valence-corrected chi connectivity index (χ4v) is 0.408. The lowest BCUT2D eigenvalue weighted by Gasteiger charge is -1.83. The van der Waals surface area contributed by atoms with Gasteiger partial charge in [-0.25, -0.2) is 0 Å². The molecule has 0 aliphatic carbocycles. The third-order valence-electron chi connectivity index (χ3n) is 0.275. The maximum atomic E-state index is 3.74. The second kappa shape index (κ2) is 3.52. The lowest BCUT2D eigenvalue weighted by molar-refractivity contribution is 0.949. The highest BCUT2D eigenvalue weighted by molar-refractivity contribution is 14.1. The average Bonchev–Trinajstić information content (AvgIpc) is 1.35. The molecule has 0 aliphatic heterocycles. The van der Waals surface area contributed by atoms with Crippen molar-refractivity contribution in [1.29, 1.82) is 0 Å². The smallest absolute Gasteiger partial charge is 0.119 e. The summed E-state index contributed by atoms with van der Waals surface area (Å²) in [5, 5.41) is 7.29. The number of halogens is 1. The second-order valence-electron chi connectivity index (χ2n) is 0.889. The molecule has 36 valence electrons. The van der Waals surface area contributed by atoms with Crippen molar-refractivity contribution in [3.8, 4) is 0 Å². The van der Waals surface area contributed by atoms with Gasteiger partial charge in [-0.05, 0) is 6.92 Å². The summed E-state index contributed by atoms with van der Waals surface area (Å²) in [7, 11) is 1.68. The van der Waals surface area contributed by atoms with Crippen LogP contribution >= 0.6 is 22.6 Å². The first-order valence-electron chi connectivity index (χ1n) is 1.70. The average molecular weight is 198 g/mol. The van der Waals surface area contributed by atoms with Crippen LogP contribution in [0, 0.1) is 0 Å². The molecule has 0 rings (SSSR count). The van der Waals surface area contributed by atoms with Crippen LogP contribution < -0.4 is 0 Å². The van der Waals surface area contributed by atoms with Gasteiger partial charge in [0.05, 0.1) is 0 Å². The molecular weight excluding hydrogens is 191 g/mol. The first kappa shape index (κ1) is 6.33. The minimum Gasteiger partial charge on any atom is -0.197 e. The Bertz CT molecular complexity index is 50.8. The maximum absolute atomic E-state index is 3.74. The van der Waals surface area contributed by atoms with E-state index in [0.717, 1.165) is 0 Å². The number of nitrogens with zero attached hydrogens (tertiary/aromatic N) is 2. The molecule has 0 amide bonds. The Morgan fingerprint density at radius 1 is 1.67 bits per heavy atom. The summed E-state index contributed by atoms with van der Waals surface area (Å²) < 4.78 is 0.326. The Labute approximate surface area is 51.2 Å². The molecule has 0 heterocycles. The van der Waals surface area contributed by atoms with E-state index in [9.17, 15) is 0 Å². The zero-order valence-electron chi connectivity index (χ0n) is 3.85. The summed E-state index contributed by atoms with van der Waals surface area (Å²) in [6.07, 6.45) is 0. The van der Waals surface area contributed by atoms with Crippen molar-refractivity contribution in [2.24, 2.45) is 10.2 Å². The molecule has 0 N–H and O–H groups in total. The highest BCUT2D eigenvalue weighted by Crippen LogP contribution is 1.97. The van der Waals surface area contributed by atoms with Gasteiger partial charge < -0.3 is 0 Å². The molecule has 0 spiro atoms. The Balaban J connectivity index is 3.03. The minimum atomic E-state index is 0.326. The fraction of sp³-hybridized carbons (Fsp3) is 1.00. The van der Waals surface area contributed by atoms with Crippen LogP contribution in [0.15, 0.2) is 10.2 Å². The van der Waals surface area contributed by atoms with E-state index in [1.54, 1.807) is 7.05 Å². The van der Waals surface area contributed by atoms with Gasteiger partial charge in [0.25, 0.3) is 0 Å². The topological polar surface area (TPSA) is 24.7 Å². The van der Waals surface area contributed by atoms with Gasteiger partial charge in [0.2, 0.25) is 0 Å². The molecule has 0 aromatic carbocycles. The van der Waals surface area contributed by atoms with E-state index in [0.29, 0.717) is 4.05 Å². The molecule has 0 saturated heterocycles. The standard InChI is InChI=1S/C3H7IN2/c1-3(4)6-5-2/h3H,1-2H3. The number of rotatable bonds is 1. The third kappa shape index (κ3) is 4.33. The van der Waals surface area contributed by atoms with Crippen LogP contribution in [-0.2, 0) is 0 Å². The van der Waals surface area contributed by atoms with Gasteiger partial charge in [0.1, 0.15) is 4.05 Å². The van der Waals surface area contributed by atoms with Crippen LogP contribution in [0.3, 0.4) is 0 Å². The molecule has 0 fully saturated rings. The van der Waals surface area contributed by atoms with Crippen molar-refractivity contribution in [3.05, 3.63) is 0 Å². The monoisotopic (exact) mass is 198 g/mol. The minimum absolute atomic E-state index is 0.326. The quantitative estimate of drug-likeness (QED) is 0.266. The summed E-state index contributed by atoms with van der Waals surface area (Å²) in [6, 6.07) is 0. The first-order chi connectivity index (χ1) is 2.77. The molecule has 3 heteroatoms. The zero-order valence-corrected chi connectivity index (χ0v) is 6.01. The lowest BCUT2D eigenvalue weighted by atomic mass is 10.8. The summed E-state index contributed by atoms with van der Waals surface area (Å²) >= 11 is 2.18. The zero-order chi connectivity index (χ0) is 4.99. The van der Waals surface area contributed by atoms with E-state index in [-0.39, 0.29) is 0 Å². The molecule has 0 aliphatic rings. The van der Waals surface area contributed by atoms with Gasteiger partial charge >= 0.3 is 0 Å². The summed E-state index contributed by atoms with van der Waals surface area (Å²) in [5.41, 5.74) is 0. The maximum Gasteiger partial charge on any atom is 0.119 e. The number of hydrogen-bond donors (Lipinski definition) is 0. The summed E-state index contributed by atoms with van der Waals surface area (Å²) in [6.45, 7) is 1.98. The number of hydrogen-bond acceptors (Lipinski definition) is 2. The number of azo groups is 1. The van der Waals surface area contributed by atoms with Crippen molar-refractivity contribution < 1.29 is 0 Å². The van der Waals surface area contributed by atoms with Crippen LogP contribution in [0.25, 0.3) is 0 Å². The van der Waals surface area contributed by atoms with Crippen molar-refractivity contribution in [1.82, 2.24) is 0 Å². The molecule has 0 saturated carbocycles. The van der Waals surface area contributed by atoms with Crippen LogP contribution in [-0.4, -0.2) is 11.1 Å². The van der Waals surface area contributed by atoms with Crippen LogP contribution in [0.4, 0.5) is 0 Å². The summed E-state index contributed by atoms with van der Waals surface area (Å²) in [5.74, 6) is 0. The normalized spacial score (nSPS) is 15.8. The predicted molar refractivity (Wildman–Crippen MR) is 34.3 cm³/mol. The molecular formula is C3H7IN2. The van der Waals surface area contributed by atoms with Crippen molar-refractivity contribution in [3.63, 3.8) is 0 Å². The molecule has 2 nitrogen and oxygen atoms in total. The van der Waals surface area contributed by atoms with E-state index in [4.69, 9.17) is 0 Å². The molecule has 0 aromatic heterocycles. The Hall–Kier alpha value is 0.330. The van der Waals surface area contributed by atoms with Gasteiger partial charge in [-0.15, -0.1) is 0 Å². The van der Waals surface area contributed by atoms with Crippen LogP contribution in [0.5, 0.6) is 0 Å². The second-order valence-corrected chi connectivity index (χ2v) is 2.69. The van der Waals surface area contributed by atoms with Crippen LogP contribution in [0.2, 0.25) is 0 Å². The van der Waals surface area contributed by atoms with E-state index in [1.807, 2.05) is 6.92 Å². The summed E-state index contributed by atoms with van der Waals surface area (Å²) in [4.78, 5) is 0. The van der Waals surface area contributed by atoms with Crippen molar-refractivity contribution in [2.45, 2.75) is 11.0 Å². The van der Waals surface area contributed by atoms with Gasteiger partial charge in [-0.1, -0.05) is 22.6 Å². The Kier molecular flexibility index (Phi) is 3.71. The lowest BCUT2D eigenvalue weighted by Crippen LogP contribution is -1.75. The highest BCUT2D eigenvalue weighted by Gasteiger charge is 1.81. The van der Waals surface area contributed by atoms with Crippen LogP contribution in [0.1, 0.15) is 6.92 Å². The van der Waals surface area contributed by atoms with Gasteiger partial charge in [0.15, 0.2) is 0 Å². The predicted octanol–water partition coefficient (Wildman–Crippen LogP) is 1.85.